The zero-order valence-electron chi connectivity index (χ0n) is 12.3. The number of rotatable bonds is 7. The van der Waals surface area contributed by atoms with Crippen molar-refractivity contribution in [2.45, 2.75) is 37.0 Å². The second kappa shape index (κ2) is 7.23. The lowest BCUT2D eigenvalue weighted by Gasteiger charge is -2.50. The molecule has 1 N–H and O–H groups in total. The third kappa shape index (κ3) is 5.17. The Morgan fingerprint density at radius 2 is 1.76 bits per heavy atom. The first-order valence-corrected chi connectivity index (χ1v) is 9.31. The van der Waals surface area contributed by atoms with Gasteiger partial charge in [0, 0.05) is 6.42 Å². The number of carbonyl (C=O) groups is 2. The van der Waals surface area contributed by atoms with E-state index in [1.165, 1.54) is 0 Å². The number of aliphatic hydroxyl groups excluding tert-OH is 1. The first kappa shape index (κ1) is 21.9. The maximum atomic E-state index is 11.1. The molecule has 1 aliphatic rings. The number of carboxylic acid groups (broad SMARTS) is 2. The van der Waals surface area contributed by atoms with Crippen LogP contribution in [0.1, 0.15) is 13.3 Å². The third-order valence-electron chi connectivity index (χ3n) is 3.30. The highest BCUT2D eigenvalue weighted by Gasteiger charge is 2.41. The van der Waals surface area contributed by atoms with Crippen LogP contribution in [0, 0.1) is 0 Å². The number of hydrogen-bond acceptors (Lipinski definition) is 13. The smallest absolute Gasteiger partial charge is 0.131 e. The van der Waals surface area contributed by atoms with E-state index in [4.69, 9.17) is 0 Å². The van der Waals surface area contributed by atoms with E-state index in [0.717, 1.165) is 0 Å². The molecule has 25 heavy (non-hydrogen) atoms. The van der Waals surface area contributed by atoms with Crippen LogP contribution in [-0.4, -0.2) is 40.7 Å². The van der Waals surface area contributed by atoms with Crippen LogP contribution in [0.3, 0.4) is 0 Å². The number of hydrogen-bond donors (Lipinski definition) is 1. The predicted molar refractivity (Wildman–Crippen MR) is 62.1 cm³/mol. The Bertz CT molecular complexity index is 674. The molecule has 0 bridgehead atoms. The summed E-state index contributed by atoms with van der Waals surface area (Å²) in [5, 5.41) is 28.2. The molecular weight excluding hydrogens is 390 g/mol. The van der Waals surface area contributed by atoms with Crippen LogP contribution in [0.25, 0.3) is 0 Å². The Kier molecular flexibility index (Phi) is 6.34. The minimum absolute atomic E-state index is 0.287. The van der Waals surface area contributed by atoms with Crippen LogP contribution < -0.4 is 29.8 Å². The van der Waals surface area contributed by atoms with Gasteiger partial charge in [-0.1, -0.05) is 0 Å². The van der Waals surface area contributed by atoms with E-state index in [1.54, 1.807) is 0 Å². The van der Waals surface area contributed by atoms with Crippen LogP contribution in [0.4, 0.5) is 0 Å². The molecule has 0 heterocycles. The number of aliphatic hydroxyl groups is 1. The number of aliphatic carboxylic acids is 2. The molecule has 4 atom stereocenters. The van der Waals surface area contributed by atoms with Crippen molar-refractivity contribution in [2.24, 2.45) is 0 Å². The normalized spacial score (nSPS) is 27.3. The Balaban J connectivity index is 3.25. The maximum absolute atomic E-state index is 11.1. The van der Waals surface area contributed by atoms with Crippen LogP contribution >= 0.6 is 15.4 Å². The van der Waals surface area contributed by atoms with Gasteiger partial charge >= 0.3 is 0 Å². The molecule has 1 aliphatic carbocycles. The Morgan fingerprint density at radius 1 is 1.24 bits per heavy atom. The van der Waals surface area contributed by atoms with Crippen molar-refractivity contribution in [1.82, 2.24) is 0 Å². The van der Waals surface area contributed by atoms with Crippen LogP contribution in [0.2, 0.25) is 0 Å². The van der Waals surface area contributed by atoms with Crippen LogP contribution in [-0.2, 0) is 28.0 Å². The fourth-order valence-corrected chi connectivity index (χ4v) is 2.91. The van der Waals surface area contributed by atoms with Crippen molar-refractivity contribution < 1.29 is 62.9 Å². The summed E-state index contributed by atoms with van der Waals surface area (Å²) in [4.78, 5) is 65.4. The molecule has 1 rings (SSSR count). The lowest BCUT2D eigenvalue weighted by atomic mass is 9.92. The quantitative estimate of drug-likeness (QED) is 0.391. The highest BCUT2D eigenvalue weighted by Crippen LogP contribution is 2.45. The number of carboxylic acids is 2. The van der Waals surface area contributed by atoms with Gasteiger partial charge in [-0.15, -0.1) is 0 Å². The molecule has 0 saturated carbocycles. The monoisotopic (exact) mass is 400 g/mol. The molecule has 0 spiro atoms. The second-order valence-corrected chi connectivity index (χ2v) is 8.07. The molecule has 0 aliphatic heterocycles. The summed E-state index contributed by atoms with van der Waals surface area (Å²) in [6.07, 6.45) is -6.80. The van der Waals surface area contributed by atoms with Gasteiger partial charge < -0.3 is 62.9 Å². The van der Waals surface area contributed by atoms with Gasteiger partial charge in [0.1, 0.15) is 17.6 Å². The Labute approximate surface area is 139 Å². The zero-order chi connectivity index (χ0) is 19.8. The van der Waals surface area contributed by atoms with Gasteiger partial charge in [0.25, 0.3) is 0 Å². The molecule has 0 radical (unpaired) electrons. The molecule has 13 nitrogen and oxygen atoms in total. The zero-order valence-corrected chi connectivity index (χ0v) is 14.0. The van der Waals surface area contributed by atoms with E-state index >= 15 is 0 Å². The molecule has 144 valence electrons. The van der Waals surface area contributed by atoms with Crippen molar-refractivity contribution in [2.75, 3.05) is 0 Å². The molecule has 0 saturated heterocycles. The van der Waals surface area contributed by atoms with Crippen LogP contribution in [0.5, 0.6) is 0 Å². The first-order valence-electron chi connectivity index (χ1n) is 6.30. The minimum atomic E-state index is -6.04. The molecular formula is C10H10O13P2-6. The molecule has 0 aromatic heterocycles. The molecule has 15 heteroatoms. The van der Waals surface area contributed by atoms with Crippen molar-refractivity contribution in [3.8, 4) is 0 Å². The topological polar surface area (TPSA) is 245 Å². The fraction of sp³-hybridized carbons (Fsp3) is 0.600. The largest absolute Gasteiger partial charge is 0.808 e. The maximum Gasteiger partial charge on any atom is 0.131 e. The van der Waals surface area contributed by atoms with E-state index < -0.39 is 63.0 Å². The summed E-state index contributed by atoms with van der Waals surface area (Å²) >= 11 is 0. The summed E-state index contributed by atoms with van der Waals surface area (Å²) in [5.74, 6) is -4.43. The number of carbonyl (C=O) groups excluding carboxylic acids is 2. The van der Waals surface area contributed by atoms with Crippen molar-refractivity contribution >= 4 is 27.4 Å². The van der Waals surface area contributed by atoms with Crippen molar-refractivity contribution in [1.29, 1.82) is 0 Å². The second-order valence-electron chi connectivity index (χ2n) is 5.12. The van der Waals surface area contributed by atoms with Crippen LogP contribution in [0.15, 0.2) is 11.6 Å². The lowest BCUT2D eigenvalue weighted by molar-refractivity contribution is -0.358. The van der Waals surface area contributed by atoms with Crippen molar-refractivity contribution in [3.05, 3.63) is 11.6 Å². The number of phosphoric acid groups is 1. The molecule has 0 fully saturated rings. The van der Waals surface area contributed by atoms with E-state index in [0.29, 0.717) is 6.08 Å². The molecule has 0 aromatic carbocycles. The van der Waals surface area contributed by atoms with Gasteiger partial charge in [-0.2, -0.15) is 0 Å². The van der Waals surface area contributed by atoms with Gasteiger partial charge in [0.15, 0.2) is 0 Å². The standard InChI is InChI=1S/C10H16O13P2/c1-10(9(14)15,24(16,17)18)22-5-2-4(8(12)13)3-6(7(5)11)23-25(19,20)21/h3,5-7,11H,2H2,1H3,(H,12,13)(H,14,15)(H2,16,17,18)(H2,19,20,21)/p-6/t5-,6-,7+,10-/m1/s1. The van der Waals surface area contributed by atoms with Gasteiger partial charge in [-0.3, -0.25) is 0 Å². The van der Waals surface area contributed by atoms with E-state index in [-0.39, 0.29) is 6.92 Å². The first-order chi connectivity index (χ1) is 11.1. The number of ether oxygens (including phenoxy) is 1. The van der Waals surface area contributed by atoms with Crippen molar-refractivity contribution in [3.63, 3.8) is 0 Å². The Morgan fingerprint density at radius 3 is 2.12 bits per heavy atom. The van der Waals surface area contributed by atoms with Gasteiger partial charge in [-0.05, 0) is 26.2 Å². The lowest BCUT2D eigenvalue weighted by Crippen LogP contribution is -2.57. The third-order valence-corrected chi connectivity index (χ3v) is 5.13. The molecule has 0 unspecified atom stereocenters. The van der Waals surface area contributed by atoms with Gasteiger partial charge in [0.05, 0.1) is 25.9 Å². The average molecular weight is 400 g/mol. The SMILES string of the molecule is C[C@](O[C@@H]1CC(C(=O)[O-])=C[C@@H](OP(=O)([O-])[O-])[C@H]1O)(C(=O)[O-])P(=O)([O-])[O-]. The highest BCUT2D eigenvalue weighted by atomic mass is 31.2. The van der Waals surface area contributed by atoms with E-state index in [9.17, 15) is 53.6 Å². The van der Waals surface area contributed by atoms with E-state index in [1.807, 2.05) is 0 Å². The predicted octanol–water partition coefficient (Wildman–Crippen LogP) is -6.59. The van der Waals surface area contributed by atoms with Gasteiger partial charge in [-0.25, -0.2) is 0 Å². The summed E-state index contributed by atoms with van der Waals surface area (Å²) in [7, 11) is -11.8. The summed E-state index contributed by atoms with van der Waals surface area (Å²) in [5.41, 5.74) is -0.791. The highest BCUT2D eigenvalue weighted by molar-refractivity contribution is 7.51. The summed E-state index contributed by atoms with van der Waals surface area (Å²) in [6.45, 7) is 0.287. The molecule has 0 aromatic rings. The molecule has 0 amide bonds. The van der Waals surface area contributed by atoms with Gasteiger partial charge in [0.2, 0.25) is 0 Å². The summed E-state index contributed by atoms with van der Waals surface area (Å²) < 4.78 is 30.2. The Hall–Kier alpha value is -1.14. The van der Waals surface area contributed by atoms with E-state index in [2.05, 4.69) is 9.26 Å². The summed E-state index contributed by atoms with van der Waals surface area (Å²) in [6, 6.07) is 0. The minimum Gasteiger partial charge on any atom is -0.808 e. The average Bonchev–Trinajstić information content (AvgIpc) is 2.39. The number of phosphoric ester groups is 1. The fourth-order valence-electron chi connectivity index (χ4n) is 1.94.